The predicted molar refractivity (Wildman–Crippen MR) is 76.0 cm³/mol. The lowest BCUT2D eigenvalue weighted by Gasteiger charge is -2.22. The molecule has 19 heavy (non-hydrogen) atoms. The second kappa shape index (κ2) is 5.39. The molecule has 2 aromatic rings. The molecule has 1 aromatic heterocycles. The number of nitrogens with zero attached hydrogens (tertiary/aromatic N) is 1. The summed E-state index contributed by atoms with van der Waals surface area (Å²) in [4.78, 5) is 5.62. The van der Waals surface area contributed by atoms with Crippen LogP contribution in [-0.2, 0) is 12.8 Å². The summed E-state index contributed by atoms with van der Waals surface area (Å²) in [6, 6.07) is 6.37. The predicted octanol–water partition coefficient (Wildman–Crippen LogP) is 3.44. The van der Waals surface area contributed by atoms with Gasteiger partial charge in [0, 0.05) is 17.7 Å². The lowest BCUT2D eigenvalue weighted by molar-refractivity contribution is 0.0607. The molecule has 1 aromatic carbocycles. The molecule has 0 saturated carbocycles. The van der Waals surface area contributed by atoms with Gasteiger partial charge >= 0.3 is 0 Å². The number of hydrogen-bond donors (Lipinski definition) is 1. The van der Waals surface area contributed by atoms with Crippen LogP contribution in [0.5, 0.6) is 0 Å². The molecule has 0 saturated heterocycles. The first kappa shape index (κ1) is 14.2. The van der Waals surface area contributed by atoms with E-state index < -0.39 is 5.60 Å². The van der Waals surface area contributed by atoms with Crippen LogP contribution in [0.1, 0.15) is 28.1 Å². The van der Waals surface area contributed by atoms with Crippen molar-refractivity contribution in [3.63, 3.8) is 0 Å². The molecule has 1 unspecified atom stereocenters. The molecule has 102 valence electrons. The van der Waals surface area contributed by atoms with Crippen LogP contribution in [0.2, 0.25) is 0 Å². The van der Waals surface area contributed by atoms with E-state index in [1.807, 2.05) is 19.9 Å². The fraction of sp³-hybridized carbons (Fsp3) is 0.400. The number of benzene rings is 1. The van der Waals surface area contributed by atoms with E-state index in [0.717, 1.165) is 16.3 Å². The van der Waals surface area contributed by atoms with Gasteiger partial charge in [-0.05, 0) is 38.5 Å². The second-order valence-corrected chi connectivity index (χ2v) is 6.52. The molecule has 2 nitrogen and oxygen atoms in total. The molecule has 0 fully saturated rings. The molecule has 0 aliphatic carbocycles. The molecular weight excluding hydrogens is 261 g/mol. The Morgan fingerprint density at radius 1 is 1.32 bits per heavy atom. The Morgan fingerprint density at radius 2 is 2.05 bits per heavy atom. The summed E-state index contributed by atoms with van der Waals surface area (Å²) >= 11 is 1.61. The van der Waals surface area contributed by atoms with Crippen LogP contribution in [0, 0.1) is 19.7 Å². The molecule has 1 heterocycles. The average molecular weight is 279 g/mol. The zero-order valence-corrected chi connectivity index (χ0v) is 12.2. The standard InChI is InChI=1S/C15H18FNOS/c1-10-11(2)19-14(17-10)9-15(3,18)8-12-5-4-6-13(16)7-12/h4-7,18H,8-9H2,1-3H3. The largest absolute Gasteiger partial charge is 0.389 e. The molecule has 0 aliphatic heterocycles. The number of aryl methyl sites for hydroxylation is 2. The minimum absolute atomic E-state index is 0.269. The molecule has 0 radical (unpaired) electrons. The Labute approximate surface area is 116 Å². The number of thiazole rings is 1. The van der Waals surface area contributed by atoms with Crippen LogP contribution < -0.4 is 0 Å². The number of aliphatic hydroxyl groups is 1. The van der Waals surface area contributed by atoms with Crippen molar-refractivity contribution in [3.05, 3.63) is 51.2 Å². The van der Waals surface area contributed by atoms with Crippen LogP contribution in [0.15, 0.2) is 24.3 Å². The first-order chi connectivity index (χ1) is 8.85. The van der Waals surface area contributed by atoms with Crippen molar-refractivity contribution < 1.29 is 9.50 Å². The highest BCUT2D eigenvalue weighted by Gasteiger charge is 2.23. The van der Waals surface area contributed by atoms with Crippen molar-refractivity contribution in [2.45, 2.75) is 39.2 Å². The maximum atomic E-state index is 13.1. The Morgan fingerprint density at radius 3 is 2.63 bits per heavy atom. The molecule has 0 aliphatic rings. The van der Waals surface area contributed by atoms with Crippen molar-refractivity contribution in [2.24, 2.45) is 0 Å². The van der Waals surface area contributed by atoms with E-state index in [0.29, 0.717) is 12.8 Å². The molecule has 0 spiro atoms. The summed E-state index contributed by atoms with van der Waals surface area (Å²) < 4.78 is 13.1. The summed E-state index contributed by atoms with van der Waals surface area (Å²) in [7, 11) is 0. The highest BCUT2D eigenvalue weighted by molar-refractivity contribution is 7.11. The first-order valence-corrected chi connectivity index (χ1v) is 7.07. The first-order valence-electron chi connectivity index (χ1n) is 6.25. The van der Waals surface area contributed by atoms with E-state index >= 15 is 0 Å². The highest BCUT2D eigenvalue weighted by atomic mass is 32.1. The number of aromatic nitrogens is 1. The van der Waals surface area contributed by atoms with E-state index in [2.05, 4.69) is 4.98 Å². The topological polar surface area (TPSA) is 33.1 Å². The smallest absolute Gasteiger partial charge is 0.123 e. The van der Waals surface area contributed by atoms with E-state index in [-0.39, 0.29) is 5.82 Å². The van der Waals surface area contributed by atoms with Crippen molar-refractivity contribution in [2.75, 3.05) is 0 Å². The minimum Gasteiger partial charge on any atom is -0.389 e. The summed E-state index contributed by atoms with van der Waals surface area (Å²) in [6.45, 7) is 5.76. The molecule has 1 N–H and O–H groups in total. The maximum Gasteiger partial charge on any atom is 0.123 e. The molecule has 2 rings (SSSR count). The van der Waals surface area contributed by atoms with Crippen LogP contribution in [0.25, 0.3) is 0 Å². The minimum atomic E-state index is -0.912. The molecular formula is C15H18FNOS. The lowest BCUT2D eigenvalue weighted by Crippen LogP contribution is -2.30. The summed E-state index contributed by atoms with van der Waals surface area (Å²) in [5.41, 5.74) is 0.904. The van der Waals surface area contributed by atoms with Gasteiger partial charge in [-0.2, -0.15) is 0 Å². The molecule has 0 bridgehead atoms. The molecule has 1 atom stereocenters. The van der Waals surface area contributed by atoms with Crippen molar-refractivity contribution >= 4 is 11.3 Å². The second-order valence-electron chi connectivity index (χ2n) is 5.23. The zero-order valence-electron chi connectivity index (χ0n) is 11.4. The Balaban J connectivity index is 2.10. The van der Waals surface area contributed by atoms with Crippen LogP contribution >= 0.6 is 11.3 Å². The Kier molecular flexibility index (Phi) is 4.02. The quantitative estimate of drug-likeness (QED) is 0.930. The summed E-state index contributed by atoms with van der Waals surface area (Å²) in [5, 5.41) is 11.4. The van der Waals surface area contributed by atoms with Crippen molar-refractivity contribution in [3.8, 4) is 0 Å². The van der Waals surface area contributed by atoms with E-state index in [9.17, 15) is 9.50 Å². The van der Waals surface area contributed by atoms with Gasteiger partial charge in [0.15, 0.2) is 0 Å². The number of halogens is 1. The summed E-state index contributed by atoms with van der Waals surface area (Å²) in [5.74, 6) is -0.269. The number of rotatable bonds is 4. The lowest BCUT2D eigenvalue weighted by atomic mass is 9.93. The Hall–Kier alpha value is -1.26. The van der Waals surface area contributed by atoms with Gasteiger partial charge in [-0.1, -0.05) is 12.1 Å². The van der Waals surface area contributed by atoms with Gasteiger partial charge in [-0.3, -0.25) is 0 Å². The van der Waals surface area contributed by atoms with Gasteiger partial charge in [0.1, 0.15) is 5.82 Å². The van der Waals surface area contributed by atoms with Gasteiger partial charge in [0.2, 0.25) is 0 Å². The third kappa shape index (κ3) is 3.85. The van der Waals surface area contributed by atoms with E-state index in [1.54, 1.807) is 24.3 Å². The SMILES string of the molecule is Cc1nc(CC(C)(O)Cc2cccc(F)c2)sc1C. The molecule has 0 amide bonds. The van der Waals surface area contributed by atoms with Crippen molar-refractivity contribution in [1.82, 2.24) is 4.98 Å². The van der Waals surface area contributed by atoms with Gasteiger partial charge in [0.25, 0.3) is 0 Å². The molecule has 4 heteroatoms. The average Bonchev–Trinajstić information content (AvgIpc) is 2.55. The maximum absolute atomic E-state index is 13.1. The van der Waals surface area contributed by atoms with Gasteiger partial charge < -0.3 is 5.11 Å². The monoisotopic (exact) mass is 279 g/mol. The normalized spacial score (nSPS) is 14.4. The van der Waals surface area contributed by atoms with Crippen LogP contribution in [0.4, 0.5) is 4.39 Å². The van der Waals surface area contributed by atoms with Gasteiger partial charge in [-0.25, -0.2) is 9.37 Å². The summed E-state index contributed by atoms with van der Waals surface area (Å²) in [6.07, 6.45) is 0.908. The zero-order chi connectivity index (χ0) is 14.0. The third-order valence-corrected chi connectivity index (χ3v) is 4.15. The van der Waals surface area contributed by atoms with E-state index in [1.165, 1.54) is 17.0 Å². The fourth-order valence-electron chi connectivity index (χ4n) is 2.09. The van der Waals surface area contributed by atoms with Gasteiger partial charge in [-0.15, -0.1) is 11.3 Å². The van der Waals surface area contributed by atoms with Crippen LogP contribution in [0.3, 0.4) is 0 Å². The number of hydrogen-bond acceptors (Lipinski definition) is 3. The fourth-order valence-corrected chi connectivity index (χ4v) is 3.20. The van der Waals surface area contributed by atoms with Crippen LogP contribution in [-0.4, -0.2) is 15.7 Å². The highest BCUT2D eigenvalue weighted by Crippen LogP contribution is 2.24. The Bertz CT molecular complexity index is 558. The van der Waals surface area contributed by atoms with Crippen molar-refractivity contribution in [1.29, 1.82) is 0 Å². The third-order valence-electron chi connectivity index (χ3n) is 3.08. The van der Waals surface area contributed by atoms with E-state index in [4.69, 9.17) is 0 Å². The van der Waals surface area contributed by atoms with Gasteiger partial charge in [0.05, 0.1) is 16.3 Å².